The van der Waals surface area contributed by atoms with Crippen LogP contribution in [0.3, 0.4) is 0 Å². The maximum atomic E-state index is 13.2. The molecule has 0 unspecified atom stereocenters. The molecule has 2 aromatic carbocycles. The van der Waals surface area contributed by atoms with E-state index in [1.807, 2.05) is 58.5 Å². The first-order valence-electron chi connectivity index (χ1n) is 10.2. The molecule has 0 N–H and O–H groups in total. The van der Waals surface area contributed by atoms with Gasteiger partial charge in [-0.3, -0.25) is 14.4 Å². The number of pyridine rings is 1. The Morgan fingerprint density at radius 3 is 1.94 bits per heavy atom. The van der Waals surface area contributed by atoms with Gasteiger partial charge in [0.15, 0.2) is 5.43 Å². The highest BCUT2D eigenvalue weighted by Crippen LogP contribution is 2.20. The first-order valence-corrected chi connectivity index (χ1v) is 11.1. The molecule has 2 aromatic heterocycles. The normalized spacial score (nSPS) is 14.3. The van der Waals surface area contributed by atoms with Crippen LogP contribution in [0.1, 0.15) is 9.67 Å². The molecule has 0 aliphatic carbocycles. The summed E-state index contributed by atoms with van der Waals surface area (Å²) in [7, 11) is 0. The summed E-state index contributed by atoms with van der Waals surface area (Å²) in [5, 5.41) is 3.12. The smallest absolute Gasteiger partial charge is 0.264 e. The number of thiophene rings is 1. The molecule has 6 nitrogen and oxygen atoms in total. The van der Waals surface area contributed by atoms with E-state index in [1.54, 1.807) is 21.9 Å². The van der Waals surface area contributed by atoms with Crippen molar-refractivity contribution in [1.82, 2.24) is 14.4 Å². The topological polar surface area (TPSA) is 62.6 Å². The number of benzene rings is 2. The Morgan fingerprint density at radius 1 is 0.774 bits per heavy atom. The van der Waals surface area contributed by atoms with Gasteiger partial charge in [0.25, 0.3) is 5.91 Å². The Kier molecular flexibility index (Phi) is 5.03. The molecule has 0 radical (unpaired) electrons. The van der Waals surface area contributed by atoms with Crippen molar-refractivity contribution in [2.45, 2.75) is 6.54 Å². The molecule has 156 valence electrons. The average Bonchev–Trinajstić information content (AvgIpc) is 3.36. The van der Waals surface area contributed by atoms with Crippen molar-refractivity contribution in [3.8, 4) is 0 Å². The van der Waals surface area contributed by atoms with E-state index >= 15 is 0 Å². The number of amides is 2. The molecule has 0 atom stereocenters. The number of hydrogen-bond acceptors (Lipinski definition) is 4. The Hall–Kier alpha value is -3.45. The van der Waals surface area contributed by atoms with Crippen LogP contribution in [0.5, 0.6) is 0 Å². The van der Waals surface area contributed by atoms with Crippen molar-refractivity contribution in [1.29, 1.82) is 0 Å². The van der Waals surface area contributed by atoms with Crippen molar-refractivity contribution in [2.75, 3.05) is 26.2 Å². The Balaban J connectivity index is 1.39. The van der Waals surface area contributed by atoms with Gasteiger partial charge in [-0.1, -0.05) is 30.3 Å². The lowest BCUT2D eigenvalue weighted by Crippen LogP contribution is -2.51. The molecule has 1 aliphatic rings. The quantitative estimate of drug-likeness (QED) is 0.468. The minimum Gasteiger partial charge on any atom is -0.338 e. The fourth-order valence-electron chi connectivity index (χ4n) is 4.20. The number of aromatic nitrogens is 1. The zero-order chi connectivity index (χ0) is 21.4. The van der Waals surface area contributed by atoms with E-state index in [2.05, 4.69) is 0 Å². The summed E-state index contributed by atoms with van der Waals surface area (Å²) in [6.07, 6.45) is 0. The predicted octanol–water partition coefficient (Wildman–Crippen LogP) is 3.20. The van der Waals surface area contributed by atoms with Gasteiger partial charge >= 0.3 is 0 Å². The van der Waals surface area contributed by atoms with Crippen molar-refractivity contribution in [3.05, 3.63) is 81.1 Å². The van der Waals surface area contributed by atoms with Crippen LogP contribution < -0.4 is 5.43 Å². The number of rotatable bonds is 3. The van der Waals surface area contributed by atoms with Gasteiger partial charge in [-0.25, -0.2) is 0 Å². The molecule has 1 aliphatic heterocycles. The van der Waals surface area contributed by atoms with Crippen molar-refractivity contribution < 1.29 is 9.59 Å². The third kappa shape index (κ3) is 3.51. The standard InChI is InChI=1S/C24H21N3O3S/c28-22(25-11-13-26(14-12-25)24(30)21-10-5-15-31-21)16-27-19-8-3-1-6-17(19)23(29)18-7-2-4-9-20(18)27/h1-10,15H,11-14,16H2. The second-order valence-corrected chi connectivity index (χ2v) is 8.55. The fraction of sp³-hybridized carbons (Fsp3) is 0.208. The third-order valence-electron chi connectivity index (χ3n) is 5.82. The van der Waals surface area contributed by atoms with Crippen LogP contribution in [0.25, 0.3) is 21.8 Å². The summed E-state index contributed by atoms with van der Waals surface area (Å²) in [4.78, 5) is 42.9. The maximum absolute atomic E-state index is 13.2. The van der Waals surface area contributed by atoms with Crippen LogP contribution in [0.15, 0.2) is 70.8 Å². The third-order valence-corrected chi connectivity index (χ3v) is 6.68. The first-order chi connectivity index (χ1) is 15.1. The Bertz CT molecular complexity index is 1280. The zero-order valence-electron chi connectivity index (χ0n) is 16.9. The van der Waals surface area contributed by atoms with Crippen molar-refractivity contribution in [3.63, 3.8) is 0 Å². The SMILES string of the molecule is O=C(Cn1c2ccccc2c(=O)c2ccccc21)N1CCN(C(=O)c2cccs2)CC1. The van der Waals surface area contributed by atoms with Crippen LogP contribution in [0.2, 0.25) is 0 Å². The Labute approximate surface area is 182 Å². The highest BCUT2D eigenvalue weighted by molar-refractivity contribution is 7.12. The number of carbonyl (C=O) groups excluding carboxylic acids is 2. The van der Waals surface area contributed by atoms with Gasteiger partial charge < -0.3 is 14.4 Å². The number of hydrogen-bond donors (Lipinski definition) is 0. The number of piperazine rings is 1. The van der Waals surface area contributed by atoms with E-state index in [4.69, 9.17) is 0 Å². The van der Waals surface area contributed by atoms with E-state index in [0.29, 0.717) is 37.0 Å². The largest absolute Gasteiger partial charge is 0.338 e. The van der Waals surface area contributed by atoms with Crippen LogP contribution in [-0.2, 0) is 11.3 Å². The van der Waals surface area contributed by atoms with Gasteiger partial charge in [0.2, 0.25) is 5.91 Å². The molecule has 0 spiro atoms. The molecular formula is C24H21N3O3S. The van der Waals surface area contributed by atoms with Gasteiger partial charge in [0, 0.05) is 37.0 Å². The molecule has 5 rings (SSSR count). The second kappa shape index (κ2) is 8.00. The van der Waals surface area contributed by atoms with Gasteiger partial charge in [-0.15, -0.1) is 11.3 Å². The molecule has 7 heteroatoms. The monoisotopic (exact) mass is 431 g/mol. The van der Waals surface area contributed by atoms with Crippen molar-refractivity contribution in [2.24, 2.45) is 0 Å². The molecule has 3 heterocycles. The summed E-state index contributed by atoms with van der Waals surface area (Å²) in [5.74, 6) is 0.0154. The van der Waals surface area contributed by atoms with E-state index < -0.39 is 0 Å². The molecule has 0 bridgehead atoms. The van der Waals surface area contributed by atoms with Crippen LogP contribution in [0.4, 0.5) is 0 Å². The summed E-state index contributed by atoms with van der Waals surface area (Å²) >= 11 is 1.44. The molecule has 4 aromatic rings. The van der Waals surface area contributed by atoms with Crippen LogP contribution in [0, 0.1) is 0 Å². The van der Waals surface area contributed by atoms with Crippen molar-refractivity contribution >= 4 is 45.0 Å². The lowest BCUT2D eigenvalue weighted by atomic mass is 10.1. The number of para-hydroxylation sites is 2. The summed E-state index contributed by atoms with van der Waals surface area (Å²) in [6.45, 7) is 2.21. The number of carbonyl (C=O) groups is 2. The second-order valence-electron chi connectivity index (χ2n) is 7.60. The average molecular weight is 432 g/mol. The van der Waals surface area contributed by atoms with Gasteiger partial charge in [-0.05, 0) is 35.7 Å². The first kappa shape index (κ1) is 19.5. The van der Waals surface area contributed by atoms with Gasteiger partial charge in [-0.2, -0.15) is 0 Å². The lowest BCUT2D eigenvalue weighted by molar-refractivity contribution is -0.133. The van der Waals surface area contributed by atoms with E-state index in [9.17, 15) is 14.4 Å². The van der Waals surface area contributed by atoms with E-state index in [-0.39, 0.29) is 23.8 Å². The van der Waals surface area contributed by atoms with E-state index in [1.165, 1.54) is 11.3 Å². The minimum atomic E-state index is -0.0180. The molecule has 31 heavy (non-hydrogen) atoms. The number of fused-ring (bicyclic) bond motifs is 2. The summed E-state index contributed by atoms with van der Waals surface area (Å²) < 4.78 is 1.93. The predicted molar refractivity (Wildman–Crippen MR) is 123 cm³/mol. The summed E-state index contributed by atoms with van der Waals surface area (Å²) in [5.41, 5.74) is 1.49. The lowest BCUT2D eigenvalue weighted by Gasteiger charge is -2.35. The fourth-order valence-corrected chi connectivity index (χ4v) is 4.89. The van der Waals surface area contributed by atoms with Gasteiger partial charge in [0.05, 0.1) is 15.9 Å². The molecular weight excluding hydrogens is 410 g/mol. The van der Waals surface area contributed by atoms with Gasteiger partial charge in [0.1, 0.15) is 6.54 Å². The molecule has 0 saturated carbocycles. The molecule has 1 fully saturated rings. The summed E-state index contributed by atoms with van der Waals surface area (Å²) in [6, 6.07) is 18.5. The highest BCUT2D eigenvalue weighted by atomic mass is 32.1. The Morgan fingerprint density at radius 2 is 1.35 bits per heavy atom. The molecule has 2 amide bonds. The number of nitrogens with zero attached hydrogens (tertiary/aromatic N) is 3. The van der Waals surface area contributed by atoms with E-state index in [0.717, 1.165) is 15.9 Å². The molecule has 1 saturated heterocycles. The maximum Gasteiger partial charge on any atom is 0.264 e. The minimum absolute atomic E-state index is 0.0119. The zero-order valence-corrected chi connectivity index (χ0v) is 17.7. The van der Waals surface area contributed by atoms with Crippen LogP contribution >= 0.6 is 11.3 Å². The highest BCUT2D eigenvalue weighted by Gasteiger charge is 2.26. The van der Waals surface area contributed by atoms with Crippen LogP contribution in [-0.4, -0.2) is 52.4 Å².